The summed E-state index contributed by atoms with van der Waals surface area (Å²) in [7, 11) is 0. The fraction of sp³-hybridized carbons (Fsp3) is 0.600. The maximum Gasteiger partial charge on any atom is 0.244 e. The maximum absolute atomic E-state index is 11.9. The van der Waals surface area contributed by atoms with Crippen LogP contribution < -0.4 is 11.1 Å². The molecule has 8 nitrogen and oxygen atoms in total. The molecule has 3 N–H and O–H groups in total. The summed E-state index contributed by atoms with van der Waals surface area (Å²) < 4.78 is 1.40. The number of carbonyl (C=O) groups excluding carboxylic acids is 2. The van der Waals surface area contributed by atoms with Gasteiger partial charge < -0.3 is 16.0 Å². The lowest BCUT2D eigenvalue weighted by molar-refractivity contribution is -0.131. The molecule has 2 amide bonds. The highest BCUT2D eigenvalue weighted by Crippen LogP contribution is 2.08. The molecule has 0 aliphatic carbocycles. The quantitative estimate of drug-likeness (QED) is 0.702. The summed E-state index contributed by atoms with van der Waals surface area (Å²) in [4.78, 5) is 24.4. The first-order valence-electron chi connectivity index (χ1n) is 5.75. The van der Waals surface area contributed by atoms with Crippen LogP contribution in [0.1, 0.15) is 13.3 Å². The minimum Gasteiger partial charge on any atom is -0.339 e. The summed E-state index contributed by atoms with van der Waals surface area (Å²) in [6, 6.07) is 0.0691. The van der Waals surface area contributed by atoms with Crippen LogP contribution in [0.2, 0.25) is 0 Å². The Morgan fingerprint density at radius 2 is 2.39 bits per heavy atom. The number of hydrogen-bond donors (Lipinski definition) is 2. The van der Waals surface area contributed by atoms with Gasteiger partial charge in [-0.15, -0.1) is 5.10 Å². The summed E-state index contributed by atoms with van der Waals surface area (Å²) in [5, 5.41) is 10.0. The zero-order valence-corrected chi connectivity index (χ0v) is 10.2. The van der Waals surface area contributed by atoms with Crippen LogP contribution in [-0.4, -0.2) is 50.8 Å². The van der Waals surface area contributed by atoms with E-state index in [1.54, 1.807) is 4.90 Å². The number of likely N-dealkylation sites (tertiary alicyclic amines) is 1. The van der Waals surface area contributed by atoms with Crippen molar-refractivity contribution in [3.8, 4) is 0 Å². The van der Waals surface area contributed by atoms with E-state index in [0.29, 0.717) is 18.9 Å². The highest BCUT2D eigenvalue weighted by Gasteiger charge is 2.23. The van der Waals surface area contributed by atoms with E-state index in [1.807, 2.05) is 0 Å². The number of aromatic nitrogens is 3. The van der Waals surface area contributed by atoms with E-state index in [1.165, 1.54) is 17.8 Å². The Labute approximate surface area is 104 Å². The SMILES string of the molecule is CC(=O)Nc1cn(CC(=O)N2CCC(N)C2)nn1. The molecule has 1 aliphatic heterocycles. The zero-order valence-electron chi connectivity index (χ0n) is 10.2. The van der Waals surface area contributed by atoms with Gasteiger partial charge in [-0.3, -0.25) is 9.59 Å². The highest BCUT2D eigenvalue weighted by molar-refractivity contribution is 5.87. The number of rotatable bonds is 3. The Balaban J connectivity index is 1.91. The predicted octanol–water partition coefficient (Wildman–Crippen LogP) is -1.20. The number of amides is 2. The van der Waals surface area contributed by atoms with Crippen molar-refractivity contribution >= 4 is 17.6 Å². The van der Waals surface area contributed by atoms with E-state index in [4.69, 9.17) is 5.73 Å². The van der Waals surface area contributed by atoms with Crippen molar-refractivity contribution in [2.24, 2.45) is 5.73 Å². The molecule has 18 heavy (non-hydrogen) atoms. The van der Waals surface area contributed by atoms with Gasteiger partial charge in [0.05, 0.1) is 6.20 Å². The average molecular weight is 252 g/mol. The lowest BCUT2D eigenvalue weighted by Gasteiger charge is -2.15. The van der Waals surface area contributed by atoms with Gasteiger partial charge in [-0.2, -0.15) is 0 Å². The molecule has 0 radical (unpaired) electrons. The van der Waals surface area contributed by atoms with Crippen molar-refractivity contribution in [1.82, 2.24) is 19.9 Å². The molecule has 2 heterocycles. The number of hydrogen-bond acceptors (Lipinski definition) is 5. The van der Waals surface area contributed by atoms with E-state index in [2.05, 4.69) is 15.6 Å². The normalized spacial score (nSPS) is 19.0. The molecule has 1 atom stereocenters. The molecule has 0 bridgehead atoms. The van der Waals surface area contributed by atoms with Crippen molar-refractivity contribution in [2.45, 2.75) is 25.9 Å². The molecule has 0 saturated carbocycles. The van der Waals surface area contributed by atoms with E-state index < -0.39 is 0 Å². The van der Waals surface area contributed by atoms with Crippen LogP contribution >= 0.6 is 0 Å². The van der Waals surface area contributed by atoms with Gasteiger partial charge in [-0.25, -0.2) is 4.68 Å². The maximum atomic E-state index is 11.9. The molecule has 1 aliphatic rings. The monoisotopic (exact) mass is 252 g/mol. The number of carbonyl (C=O) groups is 2. The van der Waals surface area contributed by atoms with Gasteiger partial charge >= 0.3 is 0 Å². The zero-order chi connectivity index (χ0) is 13.1. The van der Waals surface area contributed by atoms with Crippen LogP contribution in [0.3, 0.4) is 0 Å². The largest absolute Gasteiger partial charge is 0.339 e. The van der Waals surface area contributed by atoms with E-state index in [0.717, 1.165) is 6.42 Å². The van der Waals surface area contributed by atoms with Gasteiger partial charge in [-0.1, -0.05) is 5.21 Å². The van der Waals surface area contributed by atoms with E-state index in [-0.39, 0.29) is 24.4 Å². The predicted molar refractivity (Wildman–Crippen MR) is 63.5 cm³/mol. The summed E-state index contributed by atoms with van der Waals surface area (Å²) in [6.07, 6.45) is 2.36. The first kappa shape index (κ1) is 12.5. The summed E-state index contributed by atoms with van der Waals surface area (Å²) in [5.74, 6) is 0.0783. The lowest BCUT2D eigenvalue weighted by Crippen LogP contribution is -2.34. The first-order chi connectivity index (χ1) is 8.54. The van der Waals surface area contributed by atoms with Crippen LogP contribution in [0, 0.1) is 0 Å². The summed E-state index contributed by atoms with van der Waals surface area (Å²) in [5.41, 5.74) is 5.74. The second-order valence-corrected chi connectivity index (χ2v) is 4.37. The Morgan fingerprint density at radius 3 is 3.00 bits per heavy atom. The van der Waals surface area contributed by atoms with Crippen molar-refractivity contribution < 1.29 is 9.59 Å². The summed E-state index contributed by atoms with van der Waals surface area (Å²) in [6.45, 7) is 2.77. The minimum atomic E-state index is -0.223. The molecule has 0 spiro atoms. The third kappa shape index (κ3) is 3.04. The molecule has 1 saturated heterocycles. The van der Waals surface area contributed by atoms with E-state index >= 15 is 0 Å². The molecule has 98 valence electrons. The third-order valence-corrected chi connectivity index (χ3v) is 2.72. The van der Waals surface area contributed by atoms with Gasteiger partial charge in [0.15, 0.2) is 5.82 Å². The molecule has 0 aromatic carbocycles. The molecular weight excluding hydrogens is 236 g/mol. The standard InChI is InChI=1S/C10H16N6O2/c1-7(17)12-9-5-16(14-13-9)6-10(18)15-3-2-8(11)4-15/h5,8H,2-4,6,11H2,1H3,(H,12,17). The van der Waals surface area contributed by atoms with Gasteiger partial charge in [-0.05, 0) is 6.42 Å². The fourth-order valence-corrected chi connectivity index (χ4v) is 1.87. The molecule has 1 aromatic rings. The van der Waals surface area contributed by atoms with E-state index in [9.17, 15) is 9.59 Å². The fourth-order valence-electron chi connectivity index (χ4n) is 1.87. The van der Waals surface area contributed by atoms with Gasteiger partial charge in [0.25, 0.3) is 0 Å². The van der Waals surface area contributed by atoms with Crippen LogP contribution in [0.5, 0.6) is 0 Å². The van der Waals surface area contributed by atoms with Gasteiger partial charge in [0.2, 0.25) is 11.8 Å². The van der Waals surface area contributed by atoms with Crippen molar-refractivity contribution in [1.29, 1.82) is 0 Å². The van der Waals surface area contributed by atoms with Gasteiger partial charge in [0, 0.05) is 26.1 Å². The van der Waals surface area contributed by atoms with Crippen molar-refractivity contribution in [3.05, 3.63) is 6.20 Å². The Bertz CT molecular complexity index is 457. The third-order valence-electron chi connectivity index (χ3n) is 2.72. The highest BCUT2D eigenvalue weighted by atomic mass is 16.2. The first-order valence-corrected chi connectivity index (χ1v) is 5.75. The Morgan fingerprint density at radius 1 is 1.61 bits per heavy atom. The second kappa shape index (κ2) is 5.13. The second-order valence-electron chi connectivity index (χ2n) is 4.37. The molecule has 8 heteroatoms. The summed E-state index contributed by atoms with van der Waals surface area (Å²) >= 11 is 0. The van der Waals surface area contributed by atoms with Crippen LogP contribution in [-0.2, 0) is 16.1 Å². The molecular formula is C10H16N6O2. The Hall–Kier alpha value is -1.96. The number of nitrogens with zero attached hydrogens (tertiary/aromatic N) is 4. The molecule has 1 unspecified atom stereocenters. The topological polar surface area (TPSA) is 106 Å². The number of nitrogens with one attached hydrogen (secondary N) is 1. The van der Waals surface area contributed by atoms with Gasteiger partial charge in [0.1, 0.15) is 6.54 Å². The number of nitrogens with two attached hydrogens (primary N) is 1. The van der Waals surface area contributed by atoms with Crippen molar-refractivity contribution in [2.75, 3.05) is 18.4 Å². The smallest absolute Gasteiger partial charge is 0.244 e. The lowest BCUT2D eigenvalue weighted by atomic mass is 10.3. The molecule has 1 fully saturated rings. The van der Waals surface area contributed by atoms with Crippen LogP contribution in [0.15, 0.2) is 6.20 Å². The van der Waals surface area contributed by atoms with Crippen LogP contribution in [0.25, 0.3) is 0 Å². The number of anilines is 1. The Kier molecular flexibility index (Phi) is 3.56. The van der Waals surface area contributed by atoms with Crippen molar-refractivity contribution in [3.63, 3.8) is 0 Å². The molecule has 1 aromatic heterocycles. The minimum absolute atomic E-state index is 0.0396. The van der Waals surface area contributed by atoms with Crippen LogP contribution in [0.4, 0.5) is 5.82 Å². The molecule has 2 rings (SSSR count). The average Bonchev–Trinajstić information content (AvgIpc) is 2.87.